The van der Waals surface area contributed by atoms with E-state index >= 15 is 0 Å². The number of aromatic nitrogens is 4. The van der Waals surface area contributed by atoms with E-state index in [0.717, 1.165) is 55.3 Å². The Balaban J connectivity index is 1.37. The number of rotatable bonds is 4. The Hall–Kier alpha value is -2.96. The molecule has 0 spiro atoms. The van der Waals surface area contributed by atoms with Crippen molar-refractivity contribution in [3.8, 4) is 0 Å². The Kier molecular flexibility index (Phi) is 4.28. The van der Waals surface area contributed by atoms with E-state index < -0.39 is 0 Å². The van der Waals surface area contributed by atoms with Crippen molar-refractivity contribution >= 4 is 11.5 Å². The molecule has 0 unspecified atom stereocenters. The fourth-order valence-corrected chi connectivity index (χ4v) is 3.30. The zero-order chi connectivity index (χ0) is 18.1. The molecule has 0 bridgehead atoms. The van der Waals surface area contributed by atoms with Crippen LogP contribution >= 0.6 is 0 Å². The van der Waals surface area contributed by atoms with Gasteiger partial charge in [0.25, 0.3) is 0 Å². The number of hydrogen-bond acceptors (Lipinski definition) is 5. The second-order valence-corrected chi connectivity index (χ2v) is 6.63. The minimum atomic E-state index is -0.162. The van der Waals surface area contributed by atoms with E-state index in [1.54, 1.807) is 17.8 Å². The summed E-state index contributed by atoms with van der Waals surface area (Å²) in [6, 6.07) is 9.17. The highest BCUT2D eigenvalue weighted by Gasteiger charge is 2.19. The second-order valence-electron chi connectivity index (χ2n) is 6.63. The first-order valence-electron chi connectivity index (χ1n) is 8.70. The van der Waals surface area contributed by atoms with Crippen LogP contribution in [0.3, 0.4) is 0 Å². The van der Waals surface area contributed by atoms with E-state index in [1.165, 1.54) is 6.07 Å². The molecule has 134 valence electrons. The molecule has 1 aliphatic heterocycles. The summed E-state index contributed by atoms with van der Waals surface area (Å²) in [4.78, 5) is 4.55. The molecule has 0 saturated carbocycles. The van der Waals surface area contributed by atoms with Crippen LogP contribution in [0.2, 0.25) is 0 Å². The van der Waals surface area contributed by atoms with Gasteiger partial charge in [0.05, 0.1) is 0 Å². The average Bonchev–Trinajstić information content (AvgIpc) is 3.12. The van der Waals surface area contributed by atoms with Crippen molar-refractivity contribution in [1.29, 1.82) is 0 Å². The number of piperazine rings is 1. The third-order valence-electron chi connectivity index (χ3n) is 4.83. The number of anilines is 1. The van der Waals surface area contributed by atoms with Crippen molar-refractivity contribution in [2.24, 2.45) is 0 Å². The summed E-state index contributed by atoms with van der Waals surface area (Å²) < 4.78 is 15.1. The monoisotopic (exact) mass is 352 g/mol. The van der Waals surface area contributed by atoms with Crippen LogP contribution in [-0.2, 0) is 6.42 Å². The molecule has 7 heteroatoms. The molecule has 1 fully saturated rings. The van der Waals surface area contributed by atoms with Gasteiger partial charge in [-0.15, -0.1) is 15.3 Å². The van der Waals surface area contributed by atoms with Crippen molar-refractivity contribution in [1.82, 2.24) is 24.7 Å². The molecule has 0 radical (unpaired) electrons. The van der Waals surface area contributed by atoms with Crippen LogP contribution in [0.4, 0.5) is 10.2 Å². The van der Waals surface area contributed by atoms with Crippen molar-refractivity contribution < 1.29 is 4.39 Å². The molecule has 0 amide bonds. The first-order chi connectivity index (χ1) is 12.6. The molecule has 4 rings (SSSR count). The minimum absolute atomic E-state index is 0.162. The summed E-state index contributed by atoms with van der Waals surface area (Å²) >= 11 is 0. The van der Waals surface area contributed by atoms with Gasteiger partial charge < -0.3 is 9.80 Å². The van der Waals surface area contributed by atoms with E-state index in [1.807, 2.05) is 24.3 Å². The summed E-state index contributed by atoms with van der Waals surface area (Å²) in [6.45, 7) is 9.56. The zero-order valence-corrected chi connectivity index (χ0v) is 14.8. The van der Waals surface area contributed by atoms with Crippen molar-refractivity contribution in [2.75, 3.05) is 31.1 Å². The molecule has 0 N–H and O–H groups in total. The fourth-order valence-electron chi connectivity index (χ4n) is 3.30. The van der Waals surface area contributed by atoms with Crippen molar-refractivity contribution in [2.45, 2.75) is 13.3 Å². The normalized spacial score (nSPS) is 14.8. The Morgan fingerprint density at radius 1 is 1.15 bits per heavy atom. The summed E-state index contributed by atoms with van der Waals surface area (Å²) in [5.41, 5.74) is 3.58. The molecule has 3 aromatic rings. The molecule has 1 aromatic carbocycles. The van der Waals surface area contributed by atoms with E-state index in [2.05, 4.69) is 31.7 Å². The van der Waals surface area contributed by atoms with Gasteiger partial charge in [0, 0.05) is 38.3 Å². The molecule has 1 saturated heterocycles. The Morgan fingerprint density at radius 3 is 2.73 bits per heavy atom. The maximum atomic E-state index is 13.4. The first-order valence-corrected chi connectivity index (χ1v) is 8.70. The maximum absolute atomic E-state index is 13.4. The van der Waals surface area contributed by atoms with Crippen LogP contribution in [0.5, 0.6) is 0 Å². The Morgan fingerprint density at radius 2 is 1.96 bits per heavy atom. The van der Waals surface area contributed by atoms with Crippen molar-refractivity contribution in [3.63, 3.8) is 0 Å². The molecular weight excluding hydrogens is 331 g/mol. The lowest BCUT2D eigenvalue weighted by Crippen LogP contribution is -2.46. The molecule has 3 heterocycles. The van der Waals surface area contributed by atoms with Crippen LogP contribution < -0.4 is 4.90 Å². The standard InChI is InChI=1S/C19H21FN6/c1-14-11-16(3-4-17(14)20)12-15(2)24-7-9-25(10-8-24)19-6-5-18-22-21-13-26(18)23-19/h3-6,11,13H,2,7-10,12H2,1H3. The molecule has 0 aliphatic carbocycles. The van der Waals surface area contributed by atoms with Gasteiger partial charge in [0.1, 0.15) is 18.0 Å². The number of nitrogens with zero attached hydrogens (tertiary/aromatic N) is 6. The van der Waals surface area contributed by atoms with Crippen LogP contribution in [0.15, 0.2) is 48.9 Å². The van der Waals surface area contributed by atoms with E-state index in [0.29, 0.717) is 5.56 Å². The SMILES string of the molecule is C=C(Cc1ccc(F)c(C)c1)N1CCN(c2ccc3nncn3n2)CC1. The van der Waals surface area contributed by atoms with Gasteiger partial charge in [0.15, 0.2) is 5.65 Å². The summed E-state index contributed by atoms with van der Waals surface area (Å²) in [5.74, 6) is 0.766. The average molecular weight is 352 g/mol. The smallest absolute Gasteiger partial charge is 0.177 e. The minimum Gasteiger partial charge on any atom is -0.371 e. The van der Waals surface area contributed by atoms with Gasteiger partial charge in [-0.25, -0.2) is 4.39 Å². The molecule has 6 nitrogen and oxygen atoms in total. The molecule has 2 aromatic heterocycles. The van der Waals surface area contributed by atoms with Gasteiger partial charge in [-0.1, -0.05) is 18.7 Å². The van der Waals surface area contributed by atoms with Gasteiger partial charge in [-0.3, -0.25) is 0 Å². The summed E-state index contributed by atoms with van der Waals surface area (Å²) in [6.07, 6.45) is 2.35. The third-order valence-corrected chi connectivity index (χ3v) is 4.83. The van der Waals surface area contributed by atoms with Crippen LogP contribution in [0.1, 0.15) is 11.1 Å². The maximum Gasteiger partial charge on any atom is 0.177 e. The second kappa shape index (κ2) is 6.74. The molecular formula is C19H21FN6. The lowest BCUT2D eigenvalue weighted by Gasteiger charge is -2.37. The highest BCUT2D eigenvalue weighted by Crippen LogP contribution is 2.19. The molecule has 1 aliphatic rings. The third kappa shape index (κ3) is 3.24. The largest absolute Gasteiger partial charge is 0.371 e. The van der Waals surface area contributed by atoms with Gasteiger partial charge in [-0.05, 0) is 36.2 Å². The van der Waals surface area contributed by atoms with Gasteiger partial charge in [-0.2, -0.15) is 4.52 Å². The van der Waals surface area contributed by atoms with Gasteiger partial charge in [0.2, 0.25) is 0 Å². The first kappa shape index (κ1) is 16.5. The predicted octanol–water partition coefficient (Wildman–Crippen LogP) is 2.45. The molecule has 26 heavy (non-hydrogen) atoms. The lowest BCUT2D eigenvalue weighted by molar-refractivity contribution is 0.315. The zero-order valence-electron chi connectivity index (χ0n) is 14.8. The number of fused-ring (bicyclic) bond motifs is 1. The number of aryl methyl sites for hydroxylation is 1. The highest BCUT2D eigenvalue weighted by atomic mass is 19.1. The van der Waals surface area contributed by atoms with E-state index in [4.69, 9.17) is 0 Å². The topological polar surface area (TPSA) is 49.6 Å². The van der Waals surface area contributed by atoms with Crippen LogP contribution in [0.25, 0.3) is 5.65 Å². The quantitative estimate of drug-likeness (QED) is 0.722. The fraction of sp³-hybridized carbons (Fsp3) is 0.316. The Bertz CT molecular complexity index is 942. The van der Waals surface area contributed by atoms with E-state index in [9.17, 15) is 4.39 Å². The van der Waals surface area contributed by atoms with Crippen molar-refractivity contribution in [3.05, 3.63) is 65.9 Å². The summed E-state index contributed by atoms with van der Waals surface area (Å²) in [5, 5.41) is 12.4. The van der Waals surface area contributed by atoms with Crippen LogP contribution in [-0.4, -0.2) is 50.9 Å². The number of halogens is 1. The Labute approximate surface area is 151 Å². The number of hydrogen-bond donors (Lipinski definition) is 0. The number of benzene rings is 1. The lowest BCUT2D eigenvalue weighted by atomic mass is 10.1. The van der Waals surface area contributed by atoms with Crippen LogP contribution in [0, 0.1) is 12.7 Å². The molecule has 0 atom stereocenters. The van der Waals surface area contributed by atoms with Gasteiger partial charge >= 0.3 is 0 Å². The predicted molar refractivity (Wildman–Crippen MR) is 98.5 cm³/mol. The number of allylic oxidation sites excluding steroid dienone is 1. The van der Waals surface area contributed by atoms with E-state index in [-0.39, 0.29) is 5.82 Å². The highest BCUT2D eigenvalue weighted by molar-refractivity contribution is 5.45. The summed E-state index contributed by atoms with van der Waals surface area (Å²) in [7, 11) is 0.